The van der Waals surface area contributed by atoms with Crippen LogP contribution in [0.3, 0.4) is 0 Å². The molecule has 0 radical (unpaired) electrons. The summed E-state index contributed by atoms with van der Waals surface area (Å²) in [6, 6.07) is 9.97. The second-order valence-electron chi connectivity index (χ2n) is 5.21. The van der Waals surface area contributed by atoms with Crippen LogP contribution in [0.25, 0.3) is 0 Å². The van der Waals surface area contributed by atoms with Crippen molar-refractivity contribution >= 4 is 17.5 Å². The highest BCUT2D eigenvalue weighted by Gasteiger charge is 2.30. The number of amides is 2. The summed E-state index contributed by atoms with van der Waals surface area (Å²) in [4.78, 5) is 23.0. The zero-order chi connectivity index (χ0) is 18.6. The number of carbonyl (C=O) groups excluding carboxylic acids is 2. The Labute approximate surface area is 141 Å². The zero-order valence-corrected chi connectivity index (χ0v) is 13.1. The van der Waals surface area contributed by atoms with E-state index in [1.165, 1.54) is 31.2 Å². The van der Waals surface area contributed by atoms with Crippen LogP contribution in [-0.2, 0) is 11.0 Å². The van der Waals surface area contributed by atoms with Gasteiger partial charge in [0, 0.05) is 11.3 Å². The average Bonchev–Trinajstić information content (AvgIpc) is 2.55. The van der Waals surface area contributed by atoms with E-state index in [1.807, 2.05) is 0 Å². The van der Waals surface area contributed by atoms with Crippen molar-refractivity contribution in [1.82, 2.24) is 0 Å². The molecule has 2 rings (SSSR count). The quantitative estimate of drug-likeness (QED) is 0.867. The molecule has 2 aromatic carbocycles. The highest BCUT2D eigenvalue weighted by Crippen LogP contribution is 2.30. The summed E-state index contributed by atoms with van der Waals surface area (Å²) in [6.45, 7) is 1.46. The Morgan fingerprint density at radius 2 is 1.60 bits per heavy atom. The Morgan fingerprint density at radius 1 is 1.04 bits per heavy atom. The van der Waals surface area contributed by atoms with Crippen molar-refractivity contribution in [2.24, 2.45) is 5.73 Å². The summed E-state index contributed by atoms with van der Waals surface area (Å²) in [5, 5.41) is 2.57. The maximum Gasteiger partial charge on any atom is 0.416 e. The molecule has 0 aliphatic heterocycles. The molecule has 25 heavy (non-hydrogen) atoms. The molecule has 0 aromatic heterocycles. The number of hydrogen-bond acceptors (Lipinski definition) is 3. The van der Waals surface area contributed by atoms with Gasteiger partial charge in [0.2, 0.25) is 5.91 Å². The fourth-order valence-electron chi connectivity index (χ4n) is 1.94. The van der Waals surface area contributed by atoms with E-state index in [9.17, 15) is 22.8 Å². The number of nitrogens with two attached hydrogens (primary N) is 1. The summed E-state index contributed by atoms with van der Waals surface area (Å²) in [7, 11) is 0. The maximum absolute atomic E-state index is 12.5. The van der Waals surface area contributed by atoms with E-state index in [0.29, 0.717) is 11.3 Å². The molecule has 0 bridgehead atoms. The highest BCUT2D eigenvalue weighted by atomic mass is 19.4. The van der Waals surface area contributed by atoms with Gasteiger partial charge in [-0.1, -0.05) is 0 Å². The number of carbonyl (C=O) groups is 2. The Morgan fingerprint density at radius 3 is 2.08 bits per heavy atom. The first kappa shape index (κ1) is 18.3. The van der Waals surface area contributed by atoms with Crippen LogP contribution in [0.4, 0.5) is 18.9 Å². The average molecular weight is 352 g/mol. The van der Waals surface area contributed by atoms with Gasteiger partial charge in [-0.05, 0) is 55.5 Å². The molecule has 132 valence electrons. The zero-order valence-electron chi connectivity index (χ0n) is 13.1. The van der Waals surface area contributed by atoms with E-state index in [2.05, 4.69) is 5.32 Å². The summed E-state index contributed by atoms with van der Waals surface area (Å²) >= 11 is 0. The molecule has 8 heteroatoms. The van der Waals surface area contributed by atoms with Crippen LogP contribution < -0.4 is 15.8 Å². The molecule has 0 aliphatic carbocycles. The lowest BCUT2D eigenvalue weighted by Crippen LogP contribution is -2.30. The number of rotatable bonds is 5. The molecule has 2 amide bonds. The Bertz CT molecular complexity index is 756. The van der Waals surface area contributed by atoms with Gasteiger partial charge >= 0.3 is 6.18 Å². The predicted molar refractivity (Wildman–Crippen MR) is 85.1 cm³/mol. The highest BCUT2D eigenvalue weighted by molar-refractivity contribution is 5.96. The largest absolute Gasteiger partial charge is 0.481 e. The van der Waals surface area contributed by atoms with Crippen molar-refractivity contribution in [3.8, 4) is 5.75 Å². The molecule has 0 saturated heterocycles. The third-order valence-electron chi connectivity index (χ3n) is 3.30. The normalized spacial score (nSPS) is 12.3. The van der Waals surface area contributed by atoms with Crippen molar-refractivity contribution < 1.29 is 27.5 Å². The van der Waals surface area contributed by atoms with Gasteiger partial charge < -0.3 is 15.8 Å². The van der Waals surface area contributed by atoms with Crippen LogP contribution in [-0.4, -0.2) is 17.9 Å². The minimum Gasteiger partial charge on any atom is -0.481 e. The lowest BCUT2D eigenvalue weighted by Gasteiger charge is -2.15. The maximum atomic E-state index is 12.5. The number of alkyl halides is 3. The summed E-state index contributed by atoms with van der Waals surface area (Å²) in [5.74, 6) is -0.941. The van der Waals surface area contributed by atoms with Gasteiger partial charge in [0.1, 0.15) is 5.75 Å². The monoisotopic (exact) mass is 352 g/mol. The first-order valence-electron chi connectivity index (χ1n) is 7.21. The van der Waals surface area contributed by atoms with E-state index in [0.717, 1.165) is 24.3 Å². The summed E-state index contributed by atoms with van der Waals surface area (Å²) < 4.78 is 42.8. The summed E-state index contributed by atoms with van der Waals surface area (Å²) in [6.07, 6.45) is -5.37. The van der Waals surface area contributed by atoms with Crippen LogP contribution in [0.1, 0.15) is 22.8 Å². The number of halogens is 3. The minimum absolute atomic E-state index is 0.139. The van der Waals surface area contributed by atoms with Crippen LogP contribution in [0, 0.1) is 0 Å². The smallest absolute Gasteiger partial charge is 0.416 e. The fourth-order valence-corrected chi connectivity index (χ4v) is 1.94. The summed E-state index contributed by atoms with van der Waals surface area (Å²) in [5.41, 5.74) is 5.05. The van der Waals surface area contributed by atoms with E-state index in [4.69, 9.17) is 10.5 Å². The molecular weight excluding hydrogens is 337 g/mol. The topological polar surface area (TPSA) is 81.4 Å². The standard InChI is InChI=1S/C17H15F3N2O3/c1-10(25-14-8-4-12(5-9-14)17(18,19)20)16(24)22-13-6-2-11(3-7-13)15(21)23/h2-10H,1H3,(H2,21,23)(H,22,24)/t10-/m1/s1. The SMILES string of the molecule is C[C@@H](Oc1ccc(C(F)(F)F)cc1)C(=O)Nc1ccc(C(N)=O)cc1. The van der Waals surface area contributed by atoms with Gasteiger partial charge in [-0.15, -0.1) is 0 Å². The van der Waals surface area contributed by atoms with E-state index < -0.39 is 29.7 Å². The molecule has 0 unspecified atom stereocenters. The number of ether oxygens (including phenoxy) is 1. The minimum atomic E-state index is -4.43. The number of benzene rings is 2. The molecule has 0 aliphatic rings. The number of primary amides is 1. The third kappa shape index (κ3) is 4.97. The van der Waals surface area contributed by atoms with Crippen LogP contribution in [0.15, 0.2) is 48.5 Å². The number of anilines is 1. The second-order valence-corrected chi connectivity index (χ2v) is 5.21. The van der Waals surface area contributed by atoms with Gasteiger partial charge in [0.05, 0.1) is 5.56 Å². The fraction of sp³-hybridized carbons (Fsp3) is 0.176. The molecular formula is C17H15F3N2O3. The molecule has 5 nitrogen and oxygen atoms in total. The Hall–Kier alpha value is -3.03. The molecule has 0 heterocycles. The van der Waals surface area contributed by atoms with E-state index >= 15 is 0 Å². The molecule has 0 spiro atoms. The van der Waals surface area contributed by atoms with Gasteiger partial charge in [-0.3, -0.25) is 9.59 Å². The van der Waals surface area contributed by atoms with Crippen LogP contribution >= 0.6 is 0 Å². The van der Waals surface area contributed by atoms with Crippen molar-refractivity contribution in [3.63, 3.8) is 0 Å². The lowest BCUT2D eigenvalue weighted by atomic mass is 10.2. The van der Waals surface area contributed by atoms with Crippen molar-refractivity contribution in [1.29, 1.82) is 0 Å². The van der Waals surface area contributed by atoms with Crippen LogP contribution in [0.5, 0.6) is 5.75 Å². The molecule has 0 saturated carbocycles. The van der Waals surface area contributed by atoms with Crippen molar-refractivity contribution in [2.45, 2.75) is 19.2 Å². The Kier molecular flexibility index (Phi) is 5.31. The third-order valence-corrected chi connectivity index (χ3v) is 3.30. The second kappa shape index (κ2) is 7.25. The van der Waals surface area contributed by atoms with Crippen molar-refractivity contribution in [3.05, 3.63) is 59.7 Å². The predicted octanol–water partition coefficient (Wildman–Crippen LogP) is 3.21. The van der Waals surface area contributed by atoms with Crippen LogP contribution in [0.2, 0.25) is 0 Å². The van der Waals surface area contributed by atoms with Gasteiger partial charge in [0.25, 0.3) is 5.91 Å². The molecule has 1 atom stereocenters. The van der Waals surface area contributed by atoms with Gasteiger partial charge in [-0.25, -0.2) is 0 Å². The van der Waals surface area contributed by atoms with Crippen molar-refractivity contribution in [2.75, 3.05) is 5.32 Å². The first-order chi connectivity index (χ1) is 11.7. The molecule has 3 N–H and O–H groups in total. The van der Waals surface area contributed by atoms with E-state index in [-0.39, 0.29) is 5.75 Å². The Balaban J connectivity index is 1.96. The van der Waals surface area contributed by atoms with Gasteiger partial charge in [0.15, 0.2) is 6.10 Å². The number of hydrogen-bond donors (Lipinski definition) is 2. The molecule has 0 fully saturated rings. The number of nitrogens with one attached hydrogen (secondary N) is 1. The molecule has 2 aromatic rings. The van der Waals surface area contributed by atoms with E-state index in [1.54, 1.807) is 0 Å². The first-order valence-corrected chi connectivity index (χ1v) is 7.21. The lowest BCUT2D eigenvalue weighted by molar-refractivity contribution is -0.137. The van der Waals surface area contributed by atoms with Gasteiger partial charge in [-0.2, -0.15) is 13.2 Å².